The van der Waals surface area contributed by atoms with E-state index < -0.39 is 18.8 Å². The Kier molecular flexibility index (Phi) is 5.07. The number of alkyl halides is 1. The fraction of sp³-hybridized carbons (Fsp3) is 0.263. The summed E-state index contributed by atoms with van der Waals surface area (Å²) in [6.45, 7) is 1.14. The maximum atomic E-state index is 13.1. The maximum Gasteiger partial charge on any atom is 0.416 e. The predicted octanol–water partition coefficient (Wildman–Crippen LogP) is 3.27. The number of hydrogen-bond acceptors (Lipinski definition) is 6. The molecular weight excluding hydrogens is 382 g/mol. The third-order valence-corrected chi connectivity index (χ3v) is 4.54. The van der Waals surface area contributed by atoms with E-state index in [-0.39, 0.29) is 30.2 Å². The molecule has 0 aliphatic carbocycles. The average molecular weight is 400 g/mol. The van der Waals surface area contributed by atoms with Gasteiger partial charge in [-0.3, -0.25) is 4.90 Å². The van der Waals surface area contributed by atoms with Gasteiger partial charge in [0.1, 0.15) is 31.0 Å². The first-order valence-corrected chi connectivity index (χ1v) is 8.96. The van der Waals surface area contributed by atoms with Crippen LogP contribution in [0.25, 0.3) is 5.69 Å². The fourth-order valence-electron chi connectivity index (χ4n) is 2.99. The van der Waals surface area contributed by atoms with Gasteiger partial charge in [-0.05, 0) is 37.3 Å². The van der Waals surface area contributed by atoms with E-state index in [1.807, 2.05) is 13.1 Å². The highest BCUT2D eigenvalue weighted by atomic mass is 19.1. The Balaban J connectivity index is 1.50. The Morgan fingerprint density at radius 2 is 2.07 bits per heavy atom. The van der Waals surface area contributed by atoms with Crippen LogP contribution in [0.1, 0.15) is 18.7 Å². The molecule has 3 heterocycles. The van der Waals surface area contributed by atoms with Crippen molar-refractivity contribution in [1.29, 1.82) is 0 Å². The van der Waals surface area contributed by atoms with Crippen molar-refractivity contribution in [2.75, 3.05) is 23.5 Å². The molecule has 1 fully saturated rings. The molecular formula is C19H18F2N6O2. The van der Waals surface area contributed by atoms with Gasteiger partial charge in [0.05, 0.1) is 18.1 Å². The lowest BCUT2D eigenvalue weighted by atomic mass is 10.2. The topological polar surface area (TPSA) is 85.2 Å². The number of rotatable bonds is 6. The van der Waals surface area contributed by atoms with Gasteiger partial charge >= 0.3 is 6.09 Å². The number of aromatic nitrogens is 4. The van der Waals surface area contributed by atoms with E-state index in [1.165, 1.54) is 29.3 Å². The summed E-state index contributed by atoms with van der Waals surface area (Å²) in [6, 6.07) is 6.63. The van der Waals surface area contributed by atoms with Crippen molar-refractivity contribution in [3.05, 3.63) is 60.6 Å². The normalized spacial score (nSPS) is 17.3. The van der Waals surface area contributed by atoms with E-state index in [9.17, 15) is 13.6 Å². The number of ether oxygens (including phenoxy) is 1. The minimum absolute atomic E-state index is 0.0146. The zero-order valence-electron chi connectivity index (χ0n) is 15.5. The van der Waals surface area contributed by atoms with Crippen LogP contribution < -0.4 is 10.2 Å². The number of halogens is 2. The van der Waals surface area contributed by atoms with Crippen molar-refractivity contribution in [1.82, 2.24) is 19.5 Å². The highest BCUT2D eigenvalue weighted by Crippen LogP contribution is 2.23. The van der Waals surface area contributed by atoms with Gasteiger partial charge in [0.15, 0.2) is 0 Å². The Morgan fingerprint density at radius 1 is 1.28 bits per heavy atom. The van der Waals surface area contributed by atoms with Gasteiger partial charge < -0.3 is 14.6 Å². The van der Waals surface area contributed by atoms with Crippen LogP contribution in [0.3, 0.4) is 0 Å². The highest BCUT2D eigenvalue weighted by molar-refractivity contribution is 5.89. The average Bonchev–Trinajstić information content (AvgIpc) is 3.35. The van der Waals surface area contributed by atoms with Crippen molar-refractivity contribution in [2.45, 2.75) is 19.0 Å². The molecule has 1 unspecified atom stereocenters. The first kappa shape index (κ1) is 18.8. The summed E-state index contributed by atoms with van der Waals surface area (Å²) in [4.78, 5) is 25.9. The second-order valence-corrected chi connectivity index (χ2v) is 6.54. The van der Waals surface area contributed by atoms with Crippen LogP contribution in [0.5, 0.6) is 0 Å². The molecule has 3 aromatic rings. The van der Waals surface area contributed by atoms with Crippen LogP contribution in [0.2, 0.25) is 0 Å². The molecule has 1 N–H and O–H groups in total. The number of imidazole rings is 1. The molecule has 0 saturated carbocycles. The molecule has 1 saturated heterocycles. The number of carbonyl (C=O) groups is 1. The molecule has 2 aromatic heterocycles. The Hall–Kier alpha value is -3.56. The Morgan fingerprint density at radius 3 is 2.83 bits per heavy atom. The number of benzene rings is 1. The van der Waals surface area contributed by atoms with E-state index in [4.69, 9.17) is 4.74 Å². The van der Waals surface area contributed by atoms with E-state index in [1.54, 1.807) is 23.0 Å². The lowest BCUT2D eigenvalue weighted by Crippen LogP contribution is -2.35. The third-order valence-electron chi connectivity index (χ3n) is 4.54. The minimum Gasteiger partial charge on any atom is -0.447 e. The van der Waals surface area contributed by atoms with Gasteiger partial charge in [-0.15, -0.1) is 0 Å². The van der Waals surface area contributed by atoms with Gasteiger partial charge in [0.2, 0.25) is 5.95 Å². The number of carbonyl (C=O) groups excluding carboxylic acids is 1. The van der Waals surface area contributed by atoms with Crippen molar-refractivity contribution in [3.63, 3.8) is 0 Å². The van der Waals surface area contributed by atoms with E-state index in [0.717, 1.165) is 5.69 Å². The van der Waals surface area contributed by atoms with Crippen molar-refractivity contribution in [2.24, 2.45) is 0 Å². The zero-order valence-corrected chi connectivity index (χ0v) is 15.5. The summed E-state index contributed by atoms with van der Waals surface area (Å²) in [5.74, 6) is 0.221. The summed E-state index contributed by atoms with van der Waals surface area (Å²) >= 11 is 0. The lowest BCUT2D eigenvalue weighted by Gasteiger charge is -2.19. The molecule has 8 nitrogen and oxygen atoms in total. The first-order chi connectivity index (χ1) is 14.0. The molecule has 0 radical (unpaired) electrons. The van der Waals surface area contributed by atoms with Crippen LogP contribution in [0.15, 0.2) is 49.1 Å². The zero-order chi connectivity index (χ0) is 20.4. The Labute approximate surface area is 165 Å². The van der Waals surface area contributed by atoms with E-state index in [0.29, 0.717) is 5.69 Å². The molecule has 2 atom stereocenters. The van der Waals surface area contributed by atoms with Crippen molar-refractivity contribution >= 4 is 17.9 Å². The summed E-state index contributed by atoms with van der Waals surface area (Å²) in [5, 5.41) is 3.11. The SMILES string of the molecule is C[C@H](Nc1nccc(N2C(=O)OCC2CF)n1)c1cn(-c2ccc(F)cc2)cn1. The maximum absolute atomic E-state index is 13.1. The van der Waals surface area contributed by atoms with Gasteiger partial charge in [0, 0.05) is 18.1 Å². The first-order valence-electron chi connectivity index (χ1n) is 8.96. The van der Waals surface area contributed by atoms with E-state index >= 15 is 0 Å². The van der Waals surface area contributed by atoms with Crippen LogP contribution in [-0.2, 0) is 4.74 Å². The van der Waals surface area contributed by atoms with Gasteiger partial charge in [-0.1, -0.05) is 0 Å². The molecule has 150 valence electrons. The largest absolute Gasteiger partial charge is 0.447 e. The number of nitrogens with zero attached hydrogens (tertiary/aromatic N) is 5. The monoisotopic (exact) mass is 400 g/mol. The third kappa shape index (κ3) is 3.86. The van der Waals surface area contributed by atoms with Gasteiger partial charge in [0.25, 0.3) is 0 Å². The van der Waals surface area contributed by atoms with E-state index in [2.05, 4.69) is 20.3 Å². The minimum atomic E-state index is -0.726. The number of nitrogens with one attached hydrogen (secondary N) is 1. The molecule has 0 spiro atoms. The van der Waals surface area contributed by atoms with Gasteiger partial charge in [-0.2, -0.15) is 4.98 Å². The number of anilines is 2. The standard InChI is InChI=1S/C19H18F2N6O2/c1-12(16-9-26(11-23-16)14-4-2-13(21)3-5-14)24-18-22-7-6-17(25-18)27-15(8-20)10-29-19(27)28/h2-7,9,11-12,15H,8,10H2,1H3,(H,22,24,25)/t12-,15?/m0/s1. The van der Waals surface area contributed by atoms with Crippen molar-refractivity contribution in [3.8, 4) is 5.69 Å². The fourth-order valence-corrected chi connectivity index (χ4v) is 2.99. The molecule has 10 heteroatoms. The van der Waals surface area contributed by atoms with Crippen LogP contribution in [-0.4, -0.2) is 44.9 Å². The number of amides is 1. The summed E-state index contributed by atoms with van der Waals surface area (Å²) in [5.41, 5.74) is 1.49. The molecule has 1 aliphatic rings. The second-order valence-electron chi connectivity index (χ2n) is 6.54. The molecule has 1 aromatic carbocycles. The van der Waals surface area contributed by atoms with Crippen LogP contribution in [0.4, 0.5) is 25.3 Å². The molecule has 0 bridgehead atoms. The molecule has 4 rings (SSSR count). The number of cyclic esters (lactones) is 1. The highest BCUT2D eigenvalue weighted by Gasteiger charge is 2.35. The summed E-state index contributed by atoms with van der Waals surface area (Å²) in [7, 11) is 0. The lowest BCUT2D eigenvalue weighted by molar-refractivity contribution is 0.177. The second kappa shape index (κ2) is 7.82. The smallest absolute Gasteiger partial charge is 0.416 e. The molecule has 29 heavy (non-hydrogen) atoms. The quantitative estimate of drug-likeness (QED) is 0.684. The van der Waals surface area contributed by atoms with Crippen molar-refractivity contribution < 1.29 is 18.3 Å². The Bertz CT molecular complexity index is 1010. The number of hydrogen-bond donors (Lipinski definition) is 1. The molecule has 1 amide bonds. The van der Waals surface area contributed by atoms with Crippen LogP contribution in [0, 0.1) is 5.82 Å². The van der Waals surface area contributed by atoms with Gasteiger partial charge in [-0.25, -0.2) is 23.5 Å². The molecule has 1 aliphatic heterocycles. The summed E-state index contributed by atoms with van der Waals surface area (Å²) in [6.07, 6.45) is 4.29. The predicted molar refractivity (Wildman–Crippen MR) is 101 cm³/mol. The summed E-state index contributed by atoms with van der Waals surface area (Å²) < 4.78 is 32.9. The van der Waals surface area contributed by atoms with Crippen LogP contribution >= 0.6 is 0 Å².